The quantitative estimate of drug-likeness (QED) is 0.414. The van der Waals surface area contributed by atoms with E-state index in [0.717, 1.165) is 18.4 Å². The third-order valence-corrected chi connectivity index (χ3v) is 6.09. The van der Waals surface area contributed by atoms with Crippen molar-refractivity contribution >= 4 is 26.7 Å². The van der Waals surface area contributed by atoms with Crippen molar-refractivity contribution in [2.24, 2.45) is 7.05 Å². The predicted octanol–water partition coefficient (Wildman–Crippen LogP) is 4.49. The average molecular weight is 505 g/mol. The highest BCUT2D eigenvalue weighted by Gasteiger charge is 2.19. The minimum atomic E-state index is -3.55. The number of pyridine rings is 1. The lowest BCUT2D eigenvalue weighted by molar-refractivity contribution is -0.136. The summed E-state index contributed by atoms with van der Waals surface area (Å²) in [6.07, 6.45) is 4.43. The number of nitrogens with one attached hydrogen (secondary N) is 1. The van der Waals surface area contributed by atoms with Gasteiger partial charge in [0.25, 0.3) is 5.56 Å². The number of nitrogens with zero attached hydrogens (tertiary/aromatic N) is 1. The number of sulfone groups is 1. The molecule has 0 amide bonds. The molecule has 0 spiro atoms. The molecule has 0 radical (unpaired) electrons. The number of fused-ring (bicyclic) bond motifs is 1. The number of hydrogen-bond acceptors (Lipinski definition) is 5. The number of aromatic nitrogens is 2. The van der Waals surface area contributed by atoms with Gasteiger partial charge in [0.05, 0.1) is 4.90 Å². The first-order chi connectivity index (χ1) is 16.4. The third kappa shape index (κ3) is 5.75. The second-order valence-electron chi connectivity index (χ2n) is 7.58. The zero-order valence-corrected chi connectivity index (χ0v) is 19.8. The molecule has 2 N–H and O–H groups in total. The number of aliphatic carboxylic acids is 1. The number of ether oxygens (including phenoxy) is 1. The van der Waals surface area contributed by atoms with Gasteiger partial charge in [-0.25, -0.2) is 17.2 Å². The van der Waals surface area contributed by atoms with Crippen molar-refractivity contribution in [1.29, 1.82) is 0 Å². The van der Waals surface area contributed by atoms with Crippen LogP contribution >= 0.6 is 0 Å². The summed E-state index contributed by atoms with van der Waals surface area (Å²) in [6.45, 7) is 1.60. The van der Waals surface area contributed by atoms with Crippen molar-refractivity contribution in [2.75, 3.05) is 6.26 Å². The molecular formula is C24H22F2N2O6S. The molecule has 0 saturated carbocycles. The number of carboxylic acid groups (broad SMARTS) is 1. The Bertz CT molecular complexity index is 1570. The van der Waals surface area contributed by atoms with Gasteiger partial charge in [-0.2, -0.15) is 0 Å². The molecule has 0 unspecified atom stereocenters. The topological polar surface area (TPSA) is 118 Å². The molecule has 0 aliphatic heterocycles. The highest BCUT2D eigenvalue weighted by molar-refractivity contribution is 7.90. The van der Waals surface area contributed by atoms with Gasteiger partial charge in [0.1, 0.15) is 17.1 Å². The molecule has 2 aromatic heterocycles. The lowest BCUT2D eigenvalue weighted by atomic mass is 10.0. The van der Waals surface area contributed by atoms with E-state index in [-0.39, 0.29) is 28.4 Å². The van der Waals surface area contributed by atoms with E-state index in [1.807, 2.05) is 0 Å². The van der Waals surface area contributed by atoms with Crippen molar-refractivity contribution in [1.82, 2.24) is 9.55 Å². The van der Waals surface area contributed by atoms with E-state index < -0.39 is 27.4 Å². The Morgan fingerprint density at radius 2 is 1.74 bits per heavy atom. The largest absolute Gasteiger partial charge is 0.481 e. The van der Waals surface area contributed by atoms with Crippen molar-refractivity contribution in [2.45, 2.75) is 18.2 Å². The van der Waals surface area contributed by atoms with Gasteiger partial charge >= 0.3 is 5.97 Å². The van der Waals surface area contributed by atoms with E-state index in [1.54, 1.807) is 32.4 Å². The second-order valence-corrected chi connectivity index (χ2v) is 9.60. The number of benzene rings is 2. The Labute approximate surface area is 199 Å². The zero-order valence-electron chi connectivity index (χ0n) is 19.0. The summed E-state index contributed by atoms with van der Waals surface area (Å²) in [6, 6.07) is 8.71. The molecule has 2 heterocycles. The fourth-order valence-corrected chi connectivity index (χ4v) is 3.85. The molecule has 0 fully saturated rings. The maximum absolute atomic E-state index is 14.1. The van der Waals surface area contributed by atoms with E-state index in [4.69, 9.17) is 9.84 Å². The van der Waals surface area contributed by atoms with Crippen LogP contribution in [0.4, 0.5) is 8.78 Å². The summed E-state index contributed by atoms with van der Waals surface area (Å²) in [7, 11) is -1.99. The predicted molar refractivity (Wildman–Crippen MR) is 126 cm³/mol. The molecule has 8 nitrogen and oxygen atoms in total. The van der Waals surface area contributed by atoms with Crippen molar-refractivity contribution in [3.63, 3.8) is 0 Å². The number of H-pyrrole nitrogens is 1. The molecule has 0 atom stereocenters. The Hall–Kier alpha value is -3.99. The second kappa shape index (κ2) is 10.1. The normalized spacial score (nSPS) is 11.1. The summed E-state index contributed by atoms with van der Waals surface area (Å²) >= 11 is 0. The Morgan fingerprint density at radius 1 is 1.09 bits per heavy atom. The van der Waals surface area contributed by atoms with Gasteiger partial charge in [0, 0.05) is 54.7 Å². The summed E-state index contributed by atoms with van der Waals surface area (Å²) < 4.78 is 58.6. The molecule has 2 aromatic carbocycles. The van der Waals surface area contributed by atoms with Gasteiger partial charge in [-0.05, 0) is 36.4 Å². The molecule has 0 aliphatic rings. The third-order valence-electron chi connectivity index (χ3n) is 4.98. The summed E-state index contributed by atoms with van der Waals surface area (Å²) in [4.78, 5) is 24.6. The van der Waals surface area contributed by atoms with Crippen LogP contribution < -0.4 is 10.3 Å². The van der Waals surface area contributed by atoms with Crippen LogP contribution in [-0.2, 0) is 21.7 Å². The standard InChI is InChI=1S/C21H16F2N2O4S.C3H6O2/c1-25-11-16(14-7-8-24-20(14)21(25)26)15-10-13(30(2,27)28)4-6-18(15)29-19-5-3-12(22)9-17(19)23;1-2-3(4)5/h3-11,24H,1-2H3;2H2,1H3,(H,4,5). The van der Waals surface area contributed by atoms with Crippen LogP contribution in [0.25, 0.3) is 22.0 Å². The molecule has 0 aliphatic carbocycles. The van der Waals surface area contributed by atoms with Crippen molar-refractivity contribution < 1.29 is 31.8 Å². The van der Waals surface area contributed by atoms with Gasteiger partial charge in [-0.1, -0.05) is 6.92 Å². The van der Waals surface area contributed by atoms with Crippen LogP contribution in [-0.4, -0.2) is 35.3 Å². The summed E-state index contributed by atoms with van der Waals surface area (Å²) in [5.74, 6) is -2.47. The van der Waals surface area contributed by atoms with Crippen LogP contribution in [0.1, 0.15) is 13.3 Å². The SMILES string of the molecule is CCC(=O)O.Cn1cc(-c2cc(S(C)(=O)=O)ccc2Oc2ccc(F)cc2F)c2cc[nH]c2c1=O. The van der Waals surface area contributed by atoms with E-state index >= 15 is 0 Å². The van der Waals surface area contributed by atoms with Crippen molar-refractivity contribution in [3.8, 4) is 22.6 Å². The van der Waals surface area contributed by atoms with Crippen LogP contribution in [0.3, 0.4) is 0 Å². The monoisotopic (exact) mass is 504 g/mol. The minimum absolute atomic E-state index is 0.0296. The number of aromatic amines is 1. The molecule has 4 rings (SSSR count). The molecule has 0 saturated heterocycles. The Kier molecular flexibility index (Phi) is 7.39. The average Bonchev–Trinajstić information content (AvgIpc) is 3.28. The van der Waals surface area contributed by atoms with E-state index in [2.05, 4.69) is 4.98 Å². The number of carboxylic acids is 1. The van der Waals surface area contributed by atoms with E-state index in [9.17, 15) is 26.8 Å². The van der Waals surface area contributed by atoms with Crippen LogP contribution in [0.5, 0.6) is 11.5 Å². The highest BCUT2D eigenvalue weighted by Crippen LogP contribution is 2.38. The van der Waals surface area contributed by atoms with Crippen LogP contribution in [0.2, 0.25) is 0 Å². The number of carbonyl (C=O) groups is 1. The first-order valence-electron chi connectivity index (χ1n) is 10.3. The van der Waals surface area contributed by atoms with E-state index in [1.165, 1.54) is 22.8 Å². The number of aryl methyl sites for hydroxylation is 1. The summed E-state index contributed by atoms with van der Waals surface area (Å²) in [5, 5.41) is 8.27. The molecular weight excluding hydrogens is 482 g/mol. The Morgan fingerprint density at radius 3 is 2.34 bits per heavy atom. The number of halogens is 2. The highest BCUT2D eigenvalue weighted by atomic mass is 32.2. The molecule has 35 heavy (non-hydrogen) atoms. The smallest absolute Gasteiger partial charge is 0.303 e. The number of rotatable bonds is 5. The lowest BCUT2D eigenvalue weighted by Crippen LogP contribution is -2.16. The van der Waals surface area contributed by atoms with Gasteiger partial charge in [0.2, 0.25) is 0 Å². The molecule has 11 heteroatoms. The molecule has 0 bridgehead atoms. The van der Waals surface area contributed by atoms with Gasteiger partial charge in [-0.3, -0.25) is 9.59 Å². The number of hydrogen-bond donors (Lipinski definition) is 2. The van der Waals surface area contributed by atoms with Crippen molar-refractivity contribution in [3.05, 3.63) is 76.8 Å². The Balaban J connectivity index is 0.000000623. The first-order valence-corrected chi connectivity index (χ1v) is 12.2. The maximum Gasteiger partial charge on any atom is 0.303 e. The first kappa shape index (κ1) is 25.6. The lowest BCUT2D eigenvalue weighted by Gasteiger charge is -2.15. The fourth-order valence-electron chi connectivity index (χ4n) is 3.20. The fraction of sp³-hybridized carbons (Fsp3) is 0.167. The van der Waals surface area contributed by atoms with Crippen LogP contribution in [0.15, 0.2) is 64.5 Å². The maximum atomic E-state index is 14.1. The van der Waals surface area contributed by atoms with Gasteiger partial charge < -0.3 is 19.4 Å². The summed E-state index contributed by atoms with van der Waals surface area (Å²) in [5.41, 5.74) is 0.918. The van der Waals surface area contributed by atoms with Crippen LogP contribution in [0, 0.1) is 11.6 Å². The minimum Gasteiger partial charge on any atom is -0.481 e. The molecule has 4 aromatic rings. The van der Waals surface area contributed by atoms with E-state index in [0.29, 0.717) is 28.1 Å². The van der Waals surface area contributed by atoms with Gasteiger partial charge in [-0.15, -0.1) is 0 Å². The van der Waals surface area contributed by atoms with Gasteiger partial charge in [0.15, 0.2) is 21.4 Å². The molecule has 184 valence electrons. The zero-order chi connectivity index (χ0) is 25.9.